The highest BCUT2D eigenvalue weighted by atomic mass is 19.1. The molecule has 3 heterocycles. The van der Waals surface area contributed by atoms with Crippen molar-refractivity contribution in [3.63, 3.8) is 0 Å². The van der Waals surface area contributed by atoms with Gasteiger partial charge in [-0.2, -0.15) is 0 Å². The molecule has 190 valence electrons. The summed E-state index contributed by atoms with van der Waals surface area (Å²) in [5.41, 5.74) is 1.16. The van der Waals surface area contributed by atoms with Crippen molar-refractivity contribution in [1.82, 2.24) is 14.9 Å². The summed E-state index contributed by atoms with van der Waals surface area (Å²) in [6, 6.07) is 8.07. The molecule has 0 bridgehead atoms. The fraction of sp³-hybridized carbons (Fsp3) is 0.370. The number of likely N-dealkylation sites (tertiary alicyclic amines) is 1. The van der Waals surface area contributed by atoms with Gasteiger partial charge >= 0.3 is 0 Å². The predicted molar refractivity (Wildman–Crippen MR) is 132 cm³/mol. The molecule has 0 radical (unpaired) electrons. The van der Waals surface area contributed by atoms with Gasteiger partial charge < -0.3 is 24.6 Å². The van der Waals surface area contributed by atoms with Crippen LogP contribution < -0.4 is 9.47 Å². The van der Waals surface area contributed by atoms with E-state index in [1.54, 1.807) is 18.2 Å². The molecule has 0 aliphatic carbocycles. The number of carbonyl (C=O) groups is 1. The monoisotopic (exact) mass is 495 g/mol. The number of aryl methyl sites for hydroxylation is 1. The Bertz CT molecular complexity index is 1240. The molecule has 0 spiro atoms. The molecule has 1 amide bonds. The second-order valence-electron chi connectivity index (χ2n) is 8.73. The Balaban J connectivity index is 1.79. The smallest absolute Gasteiger partial charge is 0.263 e. The first kappa shape index (κ1) is 25.2. The van der Waals surface area contributed by atoms with Crippen molar-refractivity contribution < 1.29 is 28.9 Å². The molecule has 36 heavy (non-hydrogen) atoms. The Morgan fingerprint density at radius 1 is 1.14 bits per heavy atom. The third kappa shape index (κ3) is 4.65. The third-order valence-electron chi connectivity index (χ3n) is 6.53. The number of nitrogens with zero attached hydrogens (tertiary/aromatic N) is 3. The minimum atomic E-state index is -0.589. The van der Waals surface area contributed by atoms with E-state index >= 15 is 0 Å². The molecule has 2 N–H and O–H groups in total. The van der Waals surface area contributed by atoms with E-state index in [1.165, 1.54) is 37.4 Å². The average molecular weight is 496 g/mol. The molecule has 4 rings (SSSR count). The molecule has 0 saturated carbocycles. The summed E-state index contributed by atoms with van der Waals surface area (Å²) in [6.07, 6.45) is 4.12. The van der Waals surface area contributed by atoms with E-state index in [-0.39, 0.29) is 23.6 Å². The molecule has 1 aliphatic rings. The number of ether oxygens (including phenoxy) is 2. The van der Waals surface area contributed by atoms with Crippen molar-refractivity contribution in [2.24, 2.45) is 0 Å². The summed E-state index contributed by atoms with van der Waals surface area (Å²) in [5, 5.41) is 22.3. The molecular weight excluding hydrogens is 465 g/mol. The maximum absolute atomic E-state index is 14.3. The Labute approximate surface area is 209 Å². The van der Waals surface area contributed by atoms with Gasteiger partial charge in [0.25, 0.3) is 5.91 Å². The van der Waals surface area contributed by atoms with Gasteiger partial charge in [-0.15, -0.1) is 0 Å². The average Bonchev–Trinajstić information content (AvgIpc) is 3.37. The van der Waals surface area contributed by atoms with Crippen molar-refractivity contribution in [1.29, 1.82) is 0 Å². The van der Waals surface area contributed by atoms with Crippen LogP contribution in [0.2, 0.25) is 0 Å². The fourth-order valence-electron chi connectivity index (χ4n) is 4.71. The van der Waals surface area contributed by atoms with Crippen molar-refractivity contribution in [2.45, 2.75) is 38.5 Å². The quantitative estimate of drug-likeness (QED) is 0.467. The van der Waals surface area contributed by atoms with Gasteiger partial charge in [0, 0.05) is 25.2 Å². The number of aromatic hydroxyl groups is 2. The number of rotatable bonds is 8. The van der Waals surface area contributed by atoms with Crippen LogP contribution in [0.1, 0.15) is 53.8 Å². The fourth-order valence-corrected chi connectivity index (χ4v) is 4.71. The SMILES string of the molecule is CCCCc1nc(O)c(C(=O)N2CCC(c3ncccc3F)C2)c(O)c1-c1c(OC)cccc1OC. The lowest BCUT2D eigenvalue weighted by atomic mass is 9.95. The van der Waals surface area contributed by atoms with E-state index in [1.807, 2.05) is 6.92 Å². The molecule has 1 saturated heterocycles. The maximum Gasteiger partial charge on any atom is 0.263 e. The van der Waals surface area contributed by atoms with Crippen LogP contribution >= 0.6 is 0 Å². The lowest BCUT2D eigenvalue weighted by Gasteiger charge is -2.22. The van der Waals surface area contributed by atoms with Crippen molar-refractivity contribution >= 4 is 5.91 Å². The summed E-state index contributed by atoms with van der Waals surface area (Å²) >= 11 is 0. The van der Waals surface area contributed by atoms with Gasteiger partial charge in [-0.25, -0.2) is 9.37 Å². The van der Waals surface area contributed by atoms with E-state index in [2.05, 4.69) is 9.97 Å². The Kier molecular flexibility index (Phi) is 7.57. The Morgan fingerprint density at radius 2 is 1.86 bits per heavy atom. The zero-order valence-electron chi connectivity index (χ0n) is 20.6. The lowest BCUT2D eigenvalue weighted by Crippen LogP contribution is -2.29. The number of pyridine rings is 2. The highest BCUT2D eigenvalue weighted by Crippen LogP contribution is 2.47. The molecule has 1 fully saturated rings. The number of benzene rings is 1. The molecule has 1 unspecified atom stereocenters. The molecule has 9 heteroatoms. The largest absolute Gasteiger partial charge is 0.506 e. The topological polar surface area (TPSA) is 105 Å². The van der Waals surface area contributed by atoms with Crippen LogP contribution in [0.25, 0.3) is 11.1 Å². The van der Waals surface area contributed by atoms with Gasteiger partial charge in [0.1, 0.15) is 28.6 Å². The number of amides is 1. The van der Waals surface area contributed by atoms with E-state index in [4.69, 9.17) is 9.47 Å². The normalized spacial score (nSPS) is 15.2. The molecule has 1 aliphatic heterocycles. The minimum Gasteiger partial charge on any atom is -0.506 e. The third-order valence-corrected chi connectivity index (χ3v) is 6.53. The number of hydrogen-bond donors (Lipinski definition) is 2. The van der Waals surface area contributed by atoms with Crippen molar-refractivity contribution in [3.05, 3.63) is 59.3 Å². The first-order valence-corrected chi connectivity index (χ1v) is 12.0. The van der Waals surface area contributed by atoms with Crippen molar-refractivity contribution in [2.75, 3.05) is 27.3 Å². The zero-order valence-corrected chi connectivity index (χ0v) is 20.6. The first-order chi connectivity index (χ1) is 17.4. The summed E-state index contributed by atoms with van der Waals surface area (Å²) in [5.74, 6) is -1.38. The number of carbonyl (C=O) groups excluding carboxylic acids is 1. The van der Waals surface area contributed by atoms with Crippen LogP contribution in [-0.4, -0.2) is 58.3 Å². The summed E-state index contributed by atoms with van der Waals surface area (Å²) in [7, 11) is 3.00. The van der Waals surface area contributed by atoms with Gasteiger partial charge in [-0.1, -0.05) is 19.4 Å². The second kappa shape index (κ2) is 10.8. The number of hydrogen-bond acceptors (Lipinski definition) is 7. The number of aromatic nitrogens is 2. The van der Waals surface area contributed by atoms with Gasteiger partial charge in [-0.3, -0.25) is 9.78 Å². The predicted octanol–water partition coefficient (Wildman–Crippen LogP) is 4.68. The van der Waals surface area contributed by atoms with Crippen LogP contribution in [0.15, 0.2) is 36.5 Å². The Hall–Kier alpha value is -3.88. The highest BCUT2D eigenvalue weighted by molar-refractivity contribution is 6.02. The minimum absolute atomic E-state index is 0.205. The molecule has 1 atom stereocenters. The summed E-state index contributed by atoms with van der Waals surface area (Å²) < 4.78 is 25.4. The molecule has 8 nitrogen and oxygen atoms in total. The molecule has 2 aromatic heterocycles. The van der Waals surface area contributed by atoms with Crippen LogP contribution in [0, 0.1) is 5.82 Å². The van der Waals surface area contributed by atoms with Crippen LogP contribution in [-0.2, 0) is 6.42 Å². The second-order valence-corrected chi connectivity index (χ2v) is 8.73. The highest BCUT2D eigenvalue weighted by Gasteiger charge is 2.35. The molecule has 3 aromatic rings. The van der Waals surface area contributed by atoms with Crippen LogP contribution in [0.3, 0.4) is 0 Å². The van der Waals surface area contributed by atoms with Gasteiger partial charge in [0.15, 0.2) is 0 Å². The molecular formula is C27H30FN3O5. The van der Waals surface area contributed by atoms with E-state index in [0.29, 0.717) is 47.8 Å². The lowest BCUT2D eigenvalue weighted by molar-refractivity contribution is 0.0783. The summed E-state index contributed by atoms with van der Waals surface area (Å²) in [4.78, 5) is 23.5. The van der Waals surface area contributed by atoms with Gasteiger partial charge in [-0.05, 0) is 43.5 Å². The Morgan fingerprint density at radius 3 is 2.50 bits per heavy atom. The number of methoxy groups -OCH3 is 2. The van der Waals surface area contributed by atoms with Crippen LogP contribution in [0.5, 0.6) is 23.1 Å². The maximum atomic E-state index is 14.3. The zero-order chi connectivity index (χ0) is 25.8. The van der Waals surface area contributed by atoms with E-state index < -0.39 is 23.4 Å². The number of unbranched alkanes of at least 4 members (excludes halogenated alkanes) is 1. The van der Waals surface area contributed by atoms with Crippen molar-refractivity contribution in [3.8, 4) is 34.3 Å². The van der Waals surface area contributed by atoms with Crippen LogP contribution in [0.4, 0.5) is 4.39 Å². The molecule has 1 aromatic carbocycles. The van der Waals surface area contributed by atoms with E-state index in [0.717, 1.165) is 12.8 Å². The standard InChI is InChI=1S/C27H30FN3O5/c1-4-5-9-18-21(22-19(35-2)10-6-11-20(22)36-3)25(32)23(26(33)30-18)27(34)31-14-12-16(15-31)24-17(28)8-7-13-29-24/h6-8,10-11,13,16H,4-5,9,12,14-15H2,1-3H3,(H2,30,32,33). The van der Waals surface area contributed by atoms with E-state index in [9.17, 15) is 19.4 Å². The first-order valence-electron chi connectivity index (χ1n) is 12.0. The van der Waals surface area contributed by atoms with Gasteiger partial charge in [0.05, 0.1) is 36.7 Å². The number of halogens is 1. The van der Waals surface area contributed by atoms with Gasteiger partial charge in [0.2, 0.25) is 5.88 Å². The summed E-state index contributed by atoms with van der Waals surface area (Å²) in [6.45, 7) is 2.55.